The van der Waals surface area contributed by atoms with Crippen molar-refractivity contribution in [2.75, 3.05) is 31.9 Å². The summed E-state index contributed by atoms with van der Waals surface area (Å²) in [7, 11) is 0. The minimum Gasteiger partial charge on any atom is -0.314 e. The minimum absolute atomic E-state index is 0.786. The molecule has 0 amide bonds. The lowest BCUT2D eigenvalue weighted by Crippen LogP contribution is -2.43. The van der Waals surface area contributed by atoms with Gasteiger partial charge in [-0.2, -0.15) is 0 Å². The van der Waals surface area contributed by atoms with Gasteiger partial charge in [-0.25, -0.2) is 0 Å². The fourth-order valence-electron chi connectivity index (χ4n) is 2.83. The zero-order chi connectivity index (χ0) is 13.6. The fraction of sp³-hybridized carbons (Fsp3) is 0.647. The molecule has 0 aromatic heterocycles. The molecule has 0 radical (unpaired) electrons. The Balaban J connectivity index is 1.28. The van der Waals surface area contributed by atoms with Gasteiger partial charge >= 0.3 is 0 Å². The van der Waals surface area contributed by atoms with Gasteiger partial charge in [-0.05, 0) is 63.4 Å². The molecule has 1 aromatic rings. The second-order valence-electron chi connectivity index (χ2n) is 6.13. The maximum absolute atomic E-state index is 3.75. The van der Waals surface area contributed by atoms with Gasteiger partial charge < -0.3 is 10.2 Å². The van der Waals surface area contributed by atoms with Crippen LogP contribution < -0.4 is 5.32 Å². The second-order valence-corrected chi connectivity index (χ2v) is 7.30. The van der Waals surface area contributed by atoms with Crippen molar-refractivity contribution in [1.29, 1.82) is 0 Å². The Morgan fingerprint density at radius 3 is 2.50 bits per heavy atom. The Morgan fingerprint density at radius 1 is 1.05 bits per heavy atom. The van der Waals surface area contributed by atoms with Crippen molar-refractivity contribution in [3.05, 3.63) is 30.3 Å². The summed E-state index contributed by atoms with van der Waals surface area (Å²) < 4.78 is 0. The predicted octanol–water partition coefficient (Wildman–Crippen LogP) is 3.24. The summed E-state index contributed by atoms with van der Waals surface area (Å²) in [6.45, 7) is 5.05. The van der Waals surface area contributed by atoms with Crippen molar-refractivity contribution in [2.45, 2.75) is 36.6 Å². The van der Waals surface area contributed by atoms with Crippen LogP contribution in [0.25, 0.3) is 0 Å². The van der Waals surface area contributed by atoms with Crippen LogP contribution in [0.4, 0.5) is 0 Å². The zero-order valence-electron chi connectivity index (χ0n) is 12.3. The molecule has 3 rings (SSSR count). The van der Waals surface area contributed by atoms with E-state index < -0.39 is 0 Å². The zero-order valence-corrected chi connectivity index (χ0v) is 13.1. The van der Waals surface area contributed by atoms with Crippen LogP contribution >= 0.6 is 11.8 Å². The highest BCUT2D eigenvalue weighted by molar-refractivity contribution is 7.99. The van der Waals surface area contributed by atoms with E-state index in [1.54, 1.807) is 0 Å². The summed E-state index contributed by atoms with van der Waals surface area (Å²) in [6, 6.07) is 11.5. The van der Waals surface area contributed by atoms with Gasteiger partial charge in [-0.15, -0.1) is 11.8 Å². The normalized spacial score (nSPS) is 21.2. The molecule has 0 atom stereocenters. The molecule has 2 nitrogen and oxygen atoms in total. The smallest absolute Gasteiger partial charge is 0.0108 e. The molecule has 0 spiro atoms. The van der Waals surface area contributed by atoms with E-state index in [4.69, 9.17) is 0 Å². The van der Waals surface area contributed by atoms with Gasteiger partial charge in [0.25, 0.3) is 0 Å². The van der Waals surface area contributed by atoms with Crippen molar-refractivity contribution in [1.82, 2.24) is 10.2 Å². The van der Waals surface area contributed by atoms with E-state index in [0.717, 1.165) is 12.0 Å². The molecule has 2 aliphatic rings. The predicted molar refractivity (Wildman–Crippen MR) is 87.4 cm³/mol. The molecule has 2 fully saturated rings. The van der Waals surface area contributed by atoms with Crippen LogP contribution in [0.1, 0.15) is 25.7 Å². The van der Waals surface area contributed by atoms with Crippen LogP contribution in [0.3, 0.4) is 0 Å². The number of rotatable bonds is 7. The standard InChI is InChI=1S/C17H26N2S/c1-2-4-17(5-3-1)20-13-12-19-10-8-16(9-11-19)18-14-15-6-7-15/h1-5,15-16,18H,6-14H2. The average molecular weight is 290 g/mol. The highest BCUT2D eigenvalue weighted by Gasteiger charge is 2.24. The molecule has 0 bridgehead atoms. The van der Waals surface area contributed by atoms with Gasteiger partial charge in [-0.1, -0.05) is 18.2 Å². The van der Waals surface area contributed by atoms with Crippen molar-refractivity contribution < 1.29 is 0 Å². The first-order valence-electron chi connectivity index (χ1n) is 8.04. The number of nitrogens with zero attached hydrogens (tertiary/aromatic N) is 1. The molecule has 0 unspecified atom stereocenters. The maximum Gasteiger partial charge on any atom is 0.0108 e. The number of thioether (sulfide) groups is 1. The van der Waals surface area contributed by atoms with Gasteiger partial charge in [0.2, 0.25) is 0 Å². The highest BCUT2D eigenvalue weighted by Crippen LogP contribution is 2.28. The van der Waals surface area contributed by atoms with E-state index >= 15 is 0 Å². The number of hydrogen-bond acceptors (Lipinski definition) is 3. The van der Waals surface area contributed by atoms with Crippen molar-refractivity contribution in [3.63, 3.8) is 0 Å². The Bertz CT molecular complexity index is 383. The van der Waals surface area contributed by atoms with Crippen LogP contribution in [-0.2, 0) is 0 Å². The van der Waals surface area contributed by atoms with Crippen LogP contribution in [0.2, 0.25) is 0 Å². The lowest BCUT2D eigenvalue weighted by atomic mass is 10.1. The van der Waals surface area contributed by atoms with Crippen LogP contribution in [0.5, 0.6) is 0 Å². The lowest BCUT2D eigenvalue weighted by molar-refractivity contribution is 0.207. The molecular weight excluding hydrogens is 264 g/mol. The third kappa shape index (κ3) is 4.80. The average Bonchev–Trinajstić information content (AvgIpc) is 3.32. The van der Waals surface area contributed by atoms with Gasteiger partial charge in [-0.3, -0.25) is 0 Å². The van der Waals surface area contributed by atoms with Crippen LogP contribution in [-0.4, -0.2) is 42.9 Å². The molecule has 1 aromatic carbocycles. The van der Waals surface area contributed by atoms with Gasteiger partial charge in [0.15, 0.2) is 0 Å². The van der Waals surface area contributed by atoms with E-state index in [2.05, 4.69) is 40.5 Å². The van der Waals surface area contributed by atoms with Gasteiger partial charge in [0, 0.05) is 23.2 Å². The van der Waals surface area contributed by atoms with E-state index in [0.29, 0.717) is 0 Å². The first-order valence-corrected chi connectivity index (χ1v) is 9.02. The van der Waals surface area contributed by atoms with Crippen molar-refractivity contribution in [2.24, 2.45) is 5.92 Å². The van der Waals surface area contributed by atoms with E-state index in [-0.39, 0.29) is 0 Å². The molecule has 1 saturated carbocycles. The van der Waals surface area contributed by atoms with Crippen molar-refractivity contribution in [3.8, 4) is 0 Å². The summed E-state index contributed by atoms with van der Waals surface area (Å²) in [5.74, 6) is 2.22. The first-order chi connectivity index (χ1) is 9.90. The van der Waals surface area contributed by atoms with Crippen molar-refractivity contribution >= 4 is 11.8 Å². The summed E-state index contributed by atoms with van der Waals surface area (Å²) in [5, 5.41) is 3.75. The van der Waals surface area contributed by atoms with Crippen LogP contribution in [0, 0.1) is 5.92 Å². The number of likely N-dealkylation sites (tertiary alicyclic amines) is 1. The molecule has 1 N–H and O–H groups in total. The lowest BCUT2D eigenvalue weighted by Gasteiger charge is -2.32. The Morgan fingerprint density at radius 2 is 1.80 bits per heavy atom. The summed E-state index contributed by atoms with van der Waals surface area (Å²) >= 11 is 1.98. The molecule has 1 heterocycles. The minimum atomic E-state index is 0.786. The summed E-state index contributed by atoms with van der Waals surface area (Å²) in [5.41, 5.74) is 0. The number of benzene rings is 1. The SMILES string of the molecule is c1ccc(SCCN2CCC(NCC3CC3)CC2)cc1. The molecule has 3 heteroatoms. The second kappa shape index (κ2) is 7.48. The number of piperidine rings is 1. The first kappa shape index (κ1) is 14.4. The quantitative estimate of drug-likeness (QED) is 0.776. The monoisotopic (exact) mass is 290 g/mol. The maximum atomic E-state index is 3.75. The molecule has 1 saturated heterocycles. The van der Waals surface area contributed by atoms with Gasteiger partial charge in [0.1, 0.15) is 0 Å². The third-order valence-corrected chi connectivity index (χ3v) is 5.39. The number of hydrogen-bond donors (Lipinski definition) is 1. The fourth-order valence-corrected chi connectivity index (χ4v) is 3.76. The Kier molecular flexibility index (Phi) is 5.40. The third-order valence-electron chi connectivity index (χ3n) is 4.40. The molecular formula is C17H26N2S. The molecule has 1 aliphatic heterocycles. The summed E-state index contributed by atoms with van der Waals surface area (Å²) in [6.07, 6.45) is 5.59. The number of nitrogens with one attached hydrogen (secondary N) is 1. The molecule has 1 aliphatic carbocycles. The molecule has 110 valence electrons. The highest BCUT2D eigenvalue weighted by atomic mass is 32.2. The van der Waals surface area contributed by atoms with Crippen LogP contribution in [0.15, 0.2) is 35.2 Å². The summed E-state index contributed by atoms with van der Waals surface area (Å²) in [4.78, 5) is 4.03. The van der Waals surface area contributed by atoms with E-state index in [1.807, 2.05) is 11.8 Å². The largest absolute Gasteiger partial charge is 0.314 e. The topological polar surface area (TPSA) is 15.3 Å². The Labute approximate surface area is 127 Å². The van der Waals surface area contributed by atoms with Gasteiger partial charge in [0.05, 0.1) is 0 Å². The van der Waals surface area contributed by atoms with E-state index in [1.165, 1.54) is 62.5 Å². The van der Waals surface area contributed by atoms with E-state index in [9.17, 15) is 0 Å². The Hall–Kier alpha value is -0.510. The molecule has 20 heavy (non-hydrogen) atoms.